The van der Waals surface area contributed by atoms with Gasteiger partial charge in [-0.2, -0.15) is 0 Å². The molecule has 1 aromatic carbocycles. The molecule has 0 aliphatic heterocycles. The lowest BCUT2D eigenvalue weighted by atomic mass is 10.1. The van der Waals surface area contributed by atoms with Gasteiger partial charge in [0.2, 0.25) is 0 Å². The Labute approximate surface area is 146 Å². The van der Waals surface area contributed by atoms with E-state index in [1.165, 1.54) is 7.11 Å². The zero-order chi connectivity index (χ0) is 17.9. The van der Waals surface area contributed by atoms with Crippen LogP contribution in [0.25, 0.3) is 0 Å². The molecule has 0 aliphatic rings. The number of benzene rings is 1. The fourth-order valence-corrected chi connectivity index (χ4v) is 2.86. The van der Waals surface area contributed by atoms with E-state index in [0.29, 0.717) is 27.5 Å². The minimum absolute atomic E-state index is 0.0240. The predicted molar refractivity (Wildman–Crippen MR) is 93.8 cm³/mol. The first kappa shape index (κ1) is 18.2. The highest BCUT2D eigenvalue weighted by Gasteiger charge is 2.22. The van der Waals surface area contributed by atoms with Crippen molar-refractivity contribution in [1.29, 1.82) is 0 Å². The Bertz CT molecular complexity index is 768. The van der Waals surface area contributed by atoms with Gasteiger partial charge in [0, 0.05) is 16.8 Å². The third kappa shape index (κ3) is 3.86. The van der Waals surface area contributed by atoms with Gasteiger partial charge < -0.3 is 15.0 Å². The molecule has 0 aliphatic carbocycles. The van der Waals surface area contributed by atoms with Crippen molar-refractivity contribution < 1.29 is 14.3 Å². The summed E-state index contributed by atoms with van der Waals surface area (Å²) in [7, 11) is 1.32. The zero-order valence-electron chi connectivity index (χ0n) is 14.2. The van der Waals surface area contributed by atoms with Crippen molar-refractivity contribution in [3.8, 4) is 0 Å². The van der Waals surface area contributed by atoms with E-state index in [2.05, 4.69) is 10.3 Å². The second-order valence-electron chi connectivity index (χ2n) is 5.70. The monoisotopic (exact) mass is 348 g/mol. The van der Waals surface area contributed by atoms with E-state index in [4.69, 9.17) is 16.3 Å². The number of carbonyl (C=O) groups is 2. The number of aromatic amines is 1. The molecule has 24 heavy (non-hydrogen) atoms. The number of hydrogen-bond donors (Lipinski definition) is 2. The van der Waals surface area contributed by atoms with Crippen molar-refractivity contribution in [1.82, 2.24) is 10.3 Å². The topological polar surface area (TPSA) is 71.2 Å². The average Bonchev–Trinajstić information content (AvgIpc) is 2.86. The number of H-pyrrole nitrogens is 1. The summed E-state index contributed by atoms with van der Waals surface area (Å²) in [4.78, 5) is 27.3. The maximum absolute atomic E-state index is 12.5. The summed E-state index contributed by atoms with van der Waals surface area (Å²) in [5.74, 6) is -0.555. The Kier molecular flexibility index (Phi) is 5.80. The number of hydrogen-bond acceptors (Lipinski definition) is 4. The van der Waals surface area contributed by atoms with E-state index in [0.717, 1.165) is 5.56 Å². The Morgan fingerprint density at radius 2 is 2.04 bits per heavy atom. The van der Waals surface area contributed by atoms with Crippen molar-refractivity contribution in [2.75, 3.05) is 13.7 Å². The number of esters is 1. The molecule has 0 saturated carbocycles. The van der Waals surface area contributed by atoms with Crippen LogP contribution in [0.1, 0.15) is 50.6 Å². The molecular formula is C18H21ClN2O3. The van der Waals surface area contributed by atoms with Crippen LogP contribution in [0.15, 0.2) is 24.3 Å². The third-order valence-corrected chi connectivity index (χ3v) is 4.26. The molecule has 1 atom stereocenters. The molecule has 128 valence electrons. The van der Waals surface area contributed by atoms with Crippen LogP contribution < -0.4 is 5.32 Å². The van der Waals surface area contributed by atoms with Gasteiger partial charge in [0.15, 0.2) is 5.78 Å². The quantitative estimate of drug-likeness (QED) is 0.618. The van der Waals surface area contributed by atoms with E-state index < -0.39 is 5.97 Å². The lowest BCUT2D eigenvalue weighted by Crippen LogP contribution is -2.26. The third-order valence-electron chi connectivity index (χ3n) is 4.02. The smallest absolute Gasteiger partial charge is 0.339 e. The summed E-state index contributed by atoms with van der Waals surface area (Å²) in [6.07, 6.45) is 0. The maximum Gasteiger partial charge on any atom is 0.339 e. The molecule has 5 nitrogen and oxygen atoms in total. The van der Waals surface area contributed by atoms with Crippen LogP contribution >= 0.6 is 11.6 Å². The van der Waals surface area contributed by atoms with Crippen LogP contribution in [0, 0.1) is 13.8 Å². The molecule has 6 heteroatoms. The number of halogens is 1. The average molecular weight is 349 g/mol. The molecule has 0 amide bonds. The van der Waals surface area contributed by atoms with Crippen LogP contribution in [-0.2, 0) is 4.74 Å². The van der Waals surface area contributed by atoms with Crippen molar-refractivity contribution in [2.45, 2.75) is 26.8 Å². The molecule has 0 bridgehead atoms. The summed E-state index contributed by atoms with van der Waals surface area (Å²) in [6.45, 7) is 5.60. The van der Waals surface area contributed by atoms with Gasteiger partial charge in [-0.1, -0.05) is 23.7 Å². The summed E-state index contributed by atoms with van der Waals surface area (Å²) in [6, 6.07) is 7.47. The number of carbonyl (C=O) groups excluding carboxylic acids is 2. The van der Waals surface area contributed by atoms with Gasteiger partial charge >= 0.3 is 5.97 Å². The summed E-state index contributed by atoms with van der Waals surface area (Å²) in [5.41, 5.74) is 3.10. The number of Topliss-reactive ketones (excluding diaryl/α,β-unsaturated/α-hetero) is 1. The number of aromatic nitrogens is 1. The van der Waals surface area contributed by atoms with Gasteiger partial charge in [-0.15, -0.1) is 0 Å². The highest BCUT2D eigenvalue weighted by molar-refractivity contribution is 6.30. The fourth-order valence-electron chi connectivity index (χ4n) is 2.67. The normalized spacial score (nSPS) is 12.0. The first-order chi connectivity index (χ1) is 11.3. The van der Waals surface area contributed by atoms with Crippen molar-refractivity contribution >= 4 is 23.4 Å². The number of ketones is 1. The fraction of sp³-hybridized carbons (Fsp3) is 0.333. The standard InChI is InChI=1S/C18H21ClN2O3/c1-10-16(18(23)24-4)12(3)21-17(10)15(22)9-20-11(2)13-6-5-7-14(19)8-13/h5-8,11,20-21H,9H2,1-4H3/t11-/m1/s1. The number of rotatable bonds is 6. The van der Waals surface area contributed by atoms with Crippen LogP contribution in [0.5, 0.6) is 0 Å². The van der Waals surface area contributed by atoms with Gasteiger partial charge in [-0.25, -0.2) is 4.79 Å². The zero-order valence-corrected chi connectivity index (χ0v) is 15.0. The Morgan fingerprint density at radius 3 is 2.67 bits per heavy atom. The second-order valence-corrected chi connectivity index (χ2v) is 6.13. The van der Waals surface area contributed by atoms with E-state index in [1.807, 2.05) is 31.2 Å². The SMILES string of the molecule is COC(=O)c1c(C)[nH]c(C(=O)CN[C@H](C)c2cccc(Cl)c2)c1C. The molecule has 2 N–H and O–H groups in total. The van der Waals surface area contributed by atoms with E-state index in [-0.39, 0.29) is 18.4 Å². The number of ether oxygens (including phenoxy) is 1. The van der Waals surface area contributed by atoms with Crippen LogP contribution in [0.2, 0.25) is 5.02 Å². The first-order valence-corrected chi connectivity index (χ1v) is 8.02. The van der Waals surface area contributed by atoms with Gasteiger partial charge in [0.1, 0.15) is 0 Å². The molecular weight excluding hydrogens is 328 g/mol. The Balaban J connectivity index is 2.09. The molecule has 2 aromatic rings. The summed E-state index contributed by atoms with van der Waals surface area (Å²) >= 11 is 5.99. The maximum atomic E-state index is 12.5. The number of nitrogens with one attached hydrogen (secondary N) is 2. The molecule has 0 saturated heterocycles. The highest BCUT2D eigenvalue weighted by atomic mass is 35.5. The minimum atomic E-state index is -0.444. The lowest BCUT2D eigenvalue weighted by Gasteiger charge is -2.14. The van der Waals surface area contributed by atoms with Crippen molar-refractivity contribution in [3.63, 3.8) is 0 Å². The molecule has 2 rings (SSSR count). The molecule has 0 fully saturated rings. The van der Waals surface area contributed by atoms with Gasteiger partial charge in [-0.05, 0) is 44.0 Å². The highest BCUT2D eigenvalue weighted by Crippen LogP contribution is 2.20. The van der Waals surface area contributed by atoms with Crippen LogP contribution in [0.3, 0.4) is 0 Å². The van der Waals surface area contributed by atoms with Crippen molar-refractivity contribution in [2.24, 2.45) is 0 Å². The summed E-state index contributed by atoms with van der Waals surface area (Å²) in [5, 5.41) is 3.84. The second kappa shape index (κ2) is 7.64. The van der Waals surface area contributed by atoms with Gasteiger partial charge in [0.05, 0.1) is 24.9 Å². The molecule has 0 spiro atoms. The number of aryl methyl sites for hydroxylation is 1. The van der Waals surface area contributed by atoms with E-state index in [9.17, 15) is 9.59 Å². The molecule has 0 unspecified atom stereocenters. The lowest BCUT2D eigenvalue weighted by molar-refractivity contribution is 0.0599. The molecule has 1 heterocycles. The van der Waals surface area contributed by atoms with Crippen LogP contribution in [0.4, 0.5) is 0 Å². The Hall–Kier alpha value is -2.11. The van der Waals surface area contributed by atoms with Gasteiger partial charge in [-0.3, -0.25) is 4.79 Å². The minimum Gasteiger partial charge on any atom is -0.465 e. The largest absolute Gasteiger partial charge is 0.465 e. The van der Waals surface area contributed by atoms with Gasteiger partial charge in [0.25, 0.3) is 0 Å². The van der Waals surface area contributed by atoms with Crippen LogP contribution in [-0.4, -0.2) is 30.4 Å². The number of methoxy groups -OCH3 is 1. The van der Waals surface area contributed by atoms with Crippen molar-refractivity contribution in [3.05, 3.63) is 57.4 Å². The Morgan fingerprint density at radius 1 is 1.33 bits per heavy atom. The molecule has 1 aromatic heterocycles. The predicted octanol–water partition coefficient (Wildman–Crippen LogP) is 3.61. The first-order valence-electron chi connectivity index (χ1n) is 7.64. The summed E-state index contributed by atoms with van der Waals surface area (Å²) < 4.78 is 4.76. The van der Waals surface area contributed by atoms with E-state index in [1.54, 1.807) is 13.8 Å². The van der Waals surface area contributed by atoms with E-state index >= 15 is 0 Å². The molecule has 0 radical (unpaired) electrons.